The van der Waals surface area contributed by atoms with E-state index in [1.807, 2.05) is 35.8 Å². The first-order valence-corrected chi connectivity index (χ1v) is 12.4. The summed E-state index contributed by atoms with van der Waals surface area (Å²) in [5.41, 5.74) is 0.718. The number of ether oxygens (including phenoxy) is 1. The number of morpholine rings is 1. The molecule has 178 valence electrons. The number of benzene rings is 1. The number of carbonyl (C=O) groups is 2. The van der Waals surface area contributed by atoms with Gasteiger partial charge in [-0.05, 0) is 37.8 Å². The number of rotatable bonds is 5. The molecule has 1 aliphatic carbocycles. The highest BCUT2D eigenvalue weighted by Crippen LogP contribution is 2.32. The van der Waals surface area contributed by atoms with E-state index < -0.39 is 5.54 Å². The fourth-order valence-electron chi connectivity index (χ4n) is 5.60. The third kappa shape index (κ3) is 4.15. The van der Waals surface area contributed by atoms with Crippen molar-refractivity contribution in [2.45, 2.75) is 57.7 Å². The number of nitrogens with one attached hydrogen (secondary N) is 1. The first-order valence-electron chi connectivity index (χ1n) is 12.4. The van der Waals surface area contributed by atoms with E-state index in [2.05, 4.69) is 22.1 Å². The molecule has 3 unspecified atom stereocenters. The van der Waals surface area contributed by atoms with Gasteiger partial charge in [0.05, 0.1) is 30.8 Å². The van der Waals surface area contributed by atoms with Crippen LogP contribution in [0.5, 0.6) is 0 Å². The van der Waals surface area contributed by atoms with Gasteiger partial charge in [-0.1, -0.05) is 31.9 Å². The number of nitrogens with zero attached hydrogens (tertiary/aromatic N) is 4. The van der Waals surface area contributed by atoms with Crippen molar-refractivity contribution in [3.8, 4) is 0 Å². The summed E-state index contributed by atoms with van der Waals surface area (Å²) >= 11 is 0. The molecule has 1 aromatic carbocycles. The standard InChI is InChI=1S/C25H35N5O3/c1-18-7-3-4-8-19(18)27-24(32)25(2)17-29-21-10-6-5-9-20(21)26-22(29)23(31)30(25)12-11-28-13-15-33-16-14-28/h5-6,9-10,18-19H,3-4,7-8,11-17H2,1-2H3,(H,27,32). The summed E-state index contributed by atoms with van der Waals surface area (Å²) < 4.78 is 7.40. The lowest BCUT2D eigenvalue weighted by Crippen LogP contribution is -2.66. The van der Waals surface area contributed by atoms with Crippen LogP contribution in [-0.2, 0) is 16.1 Å². The minimum atomic E-state index is -0.975. The average molecular weight is 454 g/mol. The van der Waals surface area contributed by atoms with Gasteiger partial charge in [-0.3, -0.25) is 14.5 Å². The Morgan fingerprint density at radius 3 is 2.73 bits per heavy atom. The minimum absolute atomic E-state index is 0.0555. The number of imidazole rings is 1. The molecule has 2 aliphatic heterocycles. The molecule has 1 N–H and O–H groups in total. The van der Waals surface area contributed by atoms with E-state index >= 15 is 0 Å². The Labute approximate surface area is 195 Å². The smallest absolute Gasteiger partial charge is 0.290 e. The van der Waals surface area contributed by atoms with Gasteiger partial charge in [0.2, 0.25) is 5.91 Å². The largest absolute Gasteiger partial charge is 0.379 e. The molecule has 3 aliphatic rings. The zero-order chi connectivity index (χ0) is 23.0. The van der Waals surface area contributed by atoms with E-state index in [1.54, 1.807) is 4.90 Å². The number of para-hydroxylation sites is 2. The highest BCUT2D eigenvalue weighted by molar-refractivity contribution is 6.01. The maximum absolute atomic E-state index is 13.8. The van der Waals surface area contributed by atoms with Gasteiger partial charge < -0.3 is 19.5 Å². The van der Waals surface area contributed by atoms with Crippen molar-refractivity contribution in [1.82, 2.24) is 24.7 Å². The number of fused-ring (bicyclic) bond motifs is 3. The summed E-state index contributed by atoms with van der Waals surface area (Å²) in [6, 6.07) is 7.95. The summed E-state index contributed by atoms with van der Waals surface area (Å²) in [6.07, 6.45) is 4.50. The highest BCUT2D eigenvalue weighted by Gasteiger charge is 2.49. The molecule has 1 saturated carbocycles. The first-order chi connectivity index (χ1) is 16.0. The summed E-state index contributed by atoms with van der Waals surface area (Å²) in [5, 5.41) is 3.34. The zero-order valence-corrected chi connectivity index (χ0v) is 19.8. The van der Waals surface area contributed by atoms with Crippen LogP contribution in [0.2, 0.25) is 0 Å². The van der Waals surface area contributed by atoms with Gasteiger partial charge in [-0.15, -0.1) is 0 Å². The van der Waals surface area contributed by atoms with Gasteiger partial charge in [0, 0.05) is 32.2 Å². The van der Waals surface area contributed by atoms with Crippen LogP contribution in [0.25, 0.3) is 11.0 Å². The monoisotopic (exact) mass is 453 g/mol. The van der Waals surface area contributed by atoms with Crippen molar-refractivity contribution in [2.24, 2.45) is 5.92 Å². The van der Waals surface area contributed by atoms with Gasteiger partial charge in [0.15, 0.2) is 5.82 Å². The maximum atomic E-state index is 13.8. The van der Waals surface area contributed by atoms with Crippen LogP contribution in [-0.4, -0.2) is 82.1 Å². The number of hydrogen-bond acceptors (Lipinski definition) is 5. The van der Waals surface area contributed by atoms with Crippen molar-refractivity contribution in [1.29, 1.82) is 0 Å². The predicted octanol–water partition coefficient (Wildman–Crippen LogP) is 2.28. The van der Waals surface area contributed by atoms with Gasteiger partial charge in [0.25, 0.3) is 5.91 Å². The number of aromatic nitrogens is 2. The molecule has 3 heterocycles. The van der Waals surface area contributed by atoms with Gasteiger partial charge >= 0.3 is 0 Å². The second-order valence-corrected chi connectivity index (χ2v) is 10.0. The molecule has 2 amide bonds. The molecular formula is C25H35N5O3. The molecule has 0 bridgehead atoms. The highest BCUT2D eigenvalue weighted by atomic mass is 16.5. The molecule has 8 nitrogen and oxygen atoms in total. The van der Waals surface area contributed by atoms with Crippen molar-refractivity contribution in [3.63, 3.8) is 0 Å². The fraction of sp³-hybridized carbons (Fsp3) is 0.640. The third-order valence-corrected chi connectivity index (χ3v) is 7.81. The summed E-state index contributed by atoms with van der Waals surface area (Å²) in [7, 11) is 0. The Bertz CT molecular complexity index is 1030. The Balaban J connectivity index is 1.46. The van der Waals surface area contributed by atoms with Gasteiger partial charge in [-0.2, -0.15) is 0 Å². The molecule has 2 fully saturated rings. The van der Waals surface area contributed by atoms with E-state index in [9.17, 15) is 9.59 Å². The van der Waals surface area contributed by atoms with Gasteiger partial charge in [-0.25, -0.2) is 4.98 Å². The Kier molecular flexibility index (Phi) is 6.14. The van der Waals surface area contributed by atoms with Gasteiger partial charge in [0.1, 0.15) is 5.54 Å². The van der Waals surface area contributed by atoms with E-state index in [1.165, 1.54) is 6.42 Å². The van der Waals surface area contributed by atoms with Crippen LogP contribution >= 0.6 is 0 Å². The van der Waals surface area contributed by atoms with Crippen LogP contribution < -0.4 is 5.32 Å². The SMILES string of the molecule is CC1CCCCC1NC(=O)C1(C)Cn2c(nc3ccccc32)C(=O)N1CCN1CCOCC1. The van der Waals surface area contributed by atoms with Crippen LogP contribution in [0.3, 0.4) is 0 Å². The molecule has 2 aromatic rings. The fourth-order valence-corrected chi connectivity index (χ4v) is 5.60. The predicted molar refractivity (Wildman–Crippen MR) is 126 cm³/mol. The number of hydrogen-bond donors (Lipinski definition) is 1. The first kappa shape index (κ1) is 22.3. The quantitative estimate of drug-likeness (QED) is 0.751. The molecule has 3 atom stereocenters. The molecule has 8 heteroatoms. The zero-order valence-electron chi connectivity index (χ0n) is 19.8. The van der Waals surface area contributed by atoms with Crippen molar-refractivity contribution >= 4 is 22.8 Å². The Hall–Kier alpha value is -2.45. The lowest BCUT2D eigenvalue weighted by atomic mass is 9.85. The molecule has 1 aromatic heterocycles. The third-order valence-electron chi connectivity index (χ3n) is 7.81. The normalized spacial score (nSPS) is 28.7. The van der Waals surface area contributed by atoms with Crippen LogP contribution in [0, 0.1) is 5.92 Å². The number of carbonyl (C=O) groups excluding carboxylic acids is 2. The molecular weight excluding hydrogens is 418 g/mol. The summed E-state index contributed by atoms with van der Waals surface area (Å²) in [6.45, 7) is 8.88. The molecule has 0 spiro atoms. The average Bonchev–Trinajstić information content (AvgIpc) is 3.19. The Morgan fingerprint density at radius 2 is 1.94 bits per heavy atom. The van der Waals surface area contributed by atoms with E-state index in [0.717, 1.165) is 49.9 Å². The summed E-state index contributed by atoms with van der Waals surface area (Å²) in [5.74, 6) is 0.659. The van der Waals surface area contributed by atoms with Crippen molar-refractivity contribution in [2.75, 3.05) is 39.4 Å². The minimum Gasteiger partial charge on any atom is -0.379 e. The van der Waals surface area contributed by atoms with Crippen molar-refractivity contribution in [3.05, 3.63) is 30.1 Å². The molecule has 33 heavy (non-hydrogen) atoms. The van der Waals surface area contributed by atoms with E-state index in [0.29, 0.717) is 38.0 Å². The number of amides is 2. The molecule has 0 radical (unpaired) electrons. The Morgan fingerprint density at radius 1 is 1.18 bits per heavy atom. The van der Waals surface area contributed by atoms with Crippen molar-refractivity contribution < 1.29 is 14.3 Å². The second kappa shape index (κ2) is 9.06. The molecule has 5 rings (SSSR count). The van der Waals surface area contributed by atoms with E-state index in [-0.39, 0.29) is 17.9 Å². The molecule has 1 saturated heterocycles. The van der Waals surface area contributed by atoms with Crippen LogP contribution in [0.15, 0.2) is 24.3 Å². The second-order valence-electron chi connectivity index (χ2n) is 10.0. The van der Waals surface area contributed by atoms with Crippen LogP contribution in [0.1, 0.15) is 50.1 Å². The topological polar surface area (TPSA) is 79.7 Å². The lowest BCUT2D eigenvalue weighted by molar-refractivity contribution is -0.134. The maximum Gasteiger partial charge on any atom is 0.290 e. The lowest BCUT2D eigenvalue weighted by Gasteiger charge is -2.45. The van der Waals surface area contributed by atoms with E-state index in [4.69, 9.17) is 4.74 Å². The summed E-state index contributed by atoms with van der Waals surface area (Å²) in [4.78, 5) is 36.3. The van der Waals surface area contributed by atoms with Crippen LogP contribution in [0.4, 0.5) is 0 Å².